The number of aliphatic hydroxyl groups excluding tert-OH is 1. The van der Waals surface area contributed by atoms with Gasteiger partial charge in [-0.1, -0.05) is 35.2 Å². The molecule has 0 aliphatic heterocycles. The van der Waals surface area contributed by atoms with Crippen LogP contribution in [0.5, 0.6) is 0 Å². The summed E-state index contributed by atoms with van der Waals surface area (Å²) in [4.78, 5) is 0. The van der Waals surface area contributed by atoms with Crippen molar-refractivity contribution >= 4 is 15.9 Å². The molecule has 0 bridgehead atoms. The molecule has 1 saturated carbocycles. The summed E-state index contributed by atoms with van der Waals surface area (Å²) in [7, 11) is 0. The smallest absolute Gasteiger partial charge is 0.124 e. The van der Waals surface area contributed by atoms with Gasteiger partial charge < -0.3 is 10.8 Å². The number of rotatable bonds is 3. The first-order valence-electron chi connectivity index (χ1n) is 6.47. The van der Waals surface area contributed by atoms with Crippen molar-refractivity contribution in [2.24, 2.45) is 11.7 Å². The molecular formula is C14H19BrFNO. The van der Waals surface area contributed by atoms with Crippen molar-refractivity contribution in [1.29, 1.82) is 0 Å². The fourth-order valence-electron chi connectivity index (χ4n) is 2.73. The minimum atomic E-state index is -0.584. The second-order valence-electron chi connectivity index (χ2n) is 5.12. The van der Waals surface area contributed by atoms with E-state index < -0.39 is 12.1 Å². The van der Waals surface area contributed by atoms with E-state index in [0.29, 0.717) is 10.0 Å². The standard InChI is InChI=1S/C14H19BrFNO/c15-11-6-10(7-12(16)8-11)13(17)14(18)9-4-2-1-3-5-9/h6-9,13-14,18H,1-5,17H2/t13-,14+/m0/s1. The van der Waals surface area contributed by atoms with Gasteiger partial charge in [0.15, 0.2) is 0 Å². The first kappa shape index (κ1) is 14.0. The summed E-state index contributed by atoms with van der Waals surface area (Å²) in [5.74, 6) is -0.0820. The maximum atomic E-state index is 13.3. The fraction of sp³-hybridized carbons (Fsp3) is 0.571. The summed E-state index contributed by atoms with van der Waals surface area (Å²) >= 11 is 3.25. The van der Waals surface area contributed by atoms with E-state index in [1.54, 1.807) is 6.07 Å². The molecule has 1 aliphatic carbocycles. The Morgan fingerprint density at radius 2 is 1.89 bits per heavy atom. The van der Waals surface area contributed by atoms with Crippen molar-refractivity contribution in [1.82, 2.24) is 0 Å². The lowest BCUT2D eigenvalue weighted by molar-refractivity contribution is 0.0617. The molecule has 2 rings (SSSR count). The molecular weight excluding hydrogens is 297 g/mol. The van der Waals surface area contributed by atoms with Crippen molar-refractivity contribution in [3.63, 3.8) is 0 Å². The molecule has 0 unspecified atom stereocenters. The van der Waals surface area contributed by atoms with E-state index in [0.717, 1.165) is 25.7 Å². The van der Waals surface area contributed by atoms with E-state index in [1.807, 2.05) is 0 Å². The lowest BCUT2D eigenvalue weighted by atomic mass is 9.81. The van der Waals surface area contributed by atoms with Crippen LogP contribution in [0.2, 0.25) is 0 Å². The number of halogens is 2. The van der Waals surface area contributed by atoms with Gasteiger partial charge in [-0.3, -0.25) is 0 Å². The van der Waals surface area contributed by atoms with E-state index in [2.05, 4.69) is 15.9 Å². The lowest BCUT2D eigenvalue weighted by Crippen LogP contribution is -2.34. The van der Waals surface area contributed by atoms with Gasteiger partial charge in [-0.05, 0) is 42.5 Å². The van der Waals surface area contributed by atoms with Crippen molar-refractivity contribution < 1.29 is 9.50 Å². The third-order valence-electron chi connectivity index (χ3n) is 3.77. The molecule has 4 heteroatoms. The second-order valence-corrected chi connectivity index (χ2v) is 6.03. The number of nitrogens with two attached hydrogens (primary N) is 1. The van der Waals surface area contributed by atoms with Gasteiger partial charge in [-0.25, -0.2) is 4.39 Å². The summed E-state index contributed by atoms with van der Waals surface area (Å²) < 4.78 is 14.0. The van der Waals surface area contributed by atoms with E-state index in [-0.39, 0.29) is 11.7 Å². The molecule has 2 nitrogen and oxygen atoms in total. The topological polar surface area (TPSA) is 46.2 Å². The van der Waals surface area contributed by atoms with Crippen LogP contribution in [0.25, 0.3) is 0 Å². The Morgan fingerprint density at radius 3 is 2.50 bits per heavy atom. The first-order chi connectivity index (χ1) is 8.58. The van der Waals surface area contributed by atoms with Crippen LogP contribution in [0.3, 0.4) is 0 Å². The molecule has 100 valence electrons. The molecule has 0 spiro atoms. The Bertz CT molecular complexity index is 387. The Hall–Kier alpha value is -0.450. The molecule has 1 aromatic rings. The number of hydrogen-bond acceptors (Lipinski definition) is 2. The van der Waals surface area contributed by atoms with Gasteiger partial charge in [0.1, 0.15) is 5.82 Å². The van der Waals surface area contributed by atoms with Crippen LogP contribution in [0, 0.1) is 11.7 Å². The van der Waals surface area contributed by atoms with Crippen LogP contribution < -0.4 is 5.73 Å². The molecule has 1 fully saturated rings. The number of aliphatic hydroxyl groups is 1. The quantitative estimate of drug-likeness (QED) is 0.896. The van der Waals surface area contributed by atoms with Gasteiger partial charge in [0.2, 0.25) is 0 Å². The Kier molecular flexibility index (Phi) is 4.76. The van der Waals surface area contributed by atoms with Crippen molar-refractivity contribution in [2.45, 2.75) is 44.2 Å². The Morgan fingerprint density at radius 1 is 1.22 bits per heavy atom. The molecule has 0 aromatic heterocycles. The molecule has 18 heavy (non-hydrogen) atoms. The summed E-state index contributed by atoms with van der Waals surface area (Å²) in [5, 5.41) is 10.3. The zero-order chi connectivity index (χ0) is 13.1. The van der Waals surface area contributed by atoms with Crippen LogP contribution in [0.1, 0.15) is 43.7 Å². The largest absolute Gasteiger partial charge is 0.391 e. The third-order valence-corrected chi connectivity index (χ3v) is 4.23. The highest BCUT2D eigenvalue weighted by molar-refractivity contribution is 9.10. The van der Waals surface area contributed by atoms with Crippen LogP contribution in [0.15, 0.2) is 22.7 Å². The van der Waals surface area contributed by atoms with Crippen molar-refractivity contribution in [3.05, 3.63) is 34.1 Å². The summed E-state index contributed by atoms with van der Waals surface area (Å²) in [6.45, 7) is 0. The molecule has 0 radical (unpaired) electrons. The van der Waals surface area contributed by atoms with Crippen LogP contribution in [0.4, 0.5) is 4.39 Å². The van der Waals surface area contributed by atoms with Gasteiger partial charge in [-0.2, -0.15) is 0 Å². The average molecular weight is 316 g/mol. The SMILES string of the molecule is N[C@@H](c1cc(F)cc(Br)c1)[C@H](O)C1CCCCC1. The maximum absolute atomic E-state index is 13.3. The van der Waals surface area contributed by atoms with E-state index in [9.17, 15) is 9.50 Å². The molecule has 3 N–H and O–H groups in total. The Labute approximate surface area is 116 Å². The molecule has 0 saturated heterocycles. The highest BCUT2D eigenvalue weighted by atomic mass is 79.9. The van der Waals surface area contributed by atoms with Crippen molar-refractivity contribution in [2.75, 3.05) is 0 Å². The van der Waals surface area contributed by atoms with Crippen LogP contribution >= 0.6 is 15.9 Å². The first-order valence-corrected chi connectivity index (χ1v) is 7.27. The maximum Gasteiger partial charge on any atom is 0.124 e. The van der Waals surface area contributed by atoms with E-state index in [1.165, 1.54) is 18.6 Å². The zero-order valence-electron chi connectivity index (χ0n) is 10.3. The Balaban J connectivity index is 2.11. The van der Waals surface area contributed by atoms with Crippen LogP contribution in [-0.2, 0) is 0 Å². The summed E-state index contributed by atoms with van der Waals surface area (Å²) in [6, 6.07) is 4.06. The van der Waals surface area contributed by atoms with Gasteiger partial charge >= 0.3 is 0 Å². The normalized spacial score (nSPS) is 20.7. The fourth-order valence-corrected chi connectivity index (χ4v) is 3.22. The molecule has 0 heterocycles. The summed E-state index contributed by atoms with van der Waals surface area (Å²) in [6.07, 6.45) is 5.00. The summed E-state index contributed by atoms with van der Waals surface area (Å²) in [5.41, 5.74) is 6.72. The predicted octanol–water partition coefficient (Wildman–Crippen LogP) is 3.53. The van der Waals surface area contributed by atoms with E-state index in [4.69, 9.17) is 5.73 Å². The minimum Gasteiger partial charge on any atom is -0.391 e. The van der Waals surface area contributed by atoms with Gasteiger partial charge in [0.25, 0.3) is 0 Å². The lowest BCUT2D eigenvalue weighted by Gasteiger charge is -2.30. The third kappa shape index (κ3) is 3.31. The zero-order valence-corrected chi connectivity index (χ0v) is 11.9. The highest BCUT2D eigenvalue weighted by Crippen LogP contribution is 2.32. The minimum absolute atomic E-state index is 0.246. The van der Waals surface area contributed by atoms with Gasteiger partial charge in [-0.15, -0.1) is 0 Å². The second kappa shape index (κ2) is 6.13. The molecule has 1 aliphatic rings. The van der Waals surface area contributed by atoms with Crippen molar-refractivity contribution in [3.8, 4) is 0 Å². The van der Waals surface area contributed by atoms with Gasteiger partial charge in [0.05, 0.1) is 12.1 Å². The number of benzene rings is 1. The monoisotopic (exact) mass is 315 g/mol. The van der Waals surface area contributed by atoms with Crippen LogP contribution in [-0.4, -0.2) is 11.2 Å². The van der Waals surface area contributed by atoms with E-state index >= 15 is 0 Å². The highest BCUT2D eigenvalue weighted by Gasteiger charge is 2.27. The molecule has 2 atom stereocenters. The van der Waals surface area contributed by atoms with Gasteiger partial charge in [0, 0.05) is 4.47 Å². The average Bonchev–Trinajstić information content (AvgIpc) is 2.37. The number of hydrogen-bond donors (Lipinski definition) is 2. The molecule has 0 amide bonds. The predicted molar refractivity (Wildman–Crippen MR) is 73.6 cm³/mol. The molecule has 1 aromatic carbocycles.